The molecule has 2 rings (SSSR count). The Balaban J connectivity index is 1.93. The first-order valence-corrected chi connectivity index (χ1v) is 6.86. The third-order valence-corrected chi connectivity index (χ3v) is 3.32. The molecule has 0 aromatic heterocycles. The van der Waals surface area contributed by atoms with Gasteiger partial charge in [-0.05, 0) is 41.8 Å². The van der Waals surface area contributed by atoms with E-state index in [1.54, 1.807) is 0 Å². The van der Waals surface area contributed by atoms with Crippen molar-refractivity contribution in [3.05, 3.63) is 65.2 Å². The van der Waals surface area contributed by atoms with Crippen molar-refractivity contribution in [2.45, 2.75) is 19.9 Å². The summed E-state index contributed by atoms with van der Waals surface area (Å²) in [5, 5.41) is 5.96. The predicted octanol–water partition coefficient (Wildman–Crippen LogP) is 3.22. The molecule has 0 aliphatic rings. The normalized spacial score (nSPS) is 10.1. The van der Waals surface area contributed by atoms with Crippen LogP contribution in [-0.4, -0.2) is 13.0 Å². The lowest BCUT2D eigenvalue weighted by Gasteiger charge is -2.07. The Labute approximate surface area is 120 Å². The second kappa shape index (κ2) is 6.75. The van der Waals surface area contributed by atoms with Crippen LogP contribution in [-0.2, 0) is 13.0 Å². The van der Waals surface area contributed by atoms with Gasteiger partial charge in [0.05, 0.1) is 0 Å². The molecular formula is C17H20N2O. The van der Waals surface area contributed by atoms with Gasteiger partial charge in [0.1, 0.15) is 0 Å². The van der Waals surface area contributed by atoms with E-state index in [4.69, 9.17) is 0 Å². The van der Waals surface area contributed by atoms with E-state index in [0.717, 1.165) is 17.7 Å². The monoisotopic (exact) mass is 268 g/mol. The highest BCUT2D eigenvalue weighted by Crippen LogP contribution is 2.09. The van der Waals surface area contributed by atoms with Gasteiger partial charge >= 0.3 is 0 Å². The molecule has 0 heterocycles. The Morgan fingerprint density at radius 3 is 2.10 bits per heavy atom. The SMILES string of the molecule is CCc1ccc(CNC(=O)c2ccc(NC)cc2)cc1. The van der Waals surface area contributed by atoms with E-state index in [1.807, 2.05) is 31.3 Å². The molecule has 3 heteroatoms. The molecule has 2 aromatic carbocycles. The fraction of sp³-hybridized carbons (Fsp3) is 0.235. The zero-order valence-electron chi connectivity index (χ0n) is 11.9. The van der Waals surface area contributed by atoms with Crippen LogP contribution in [0, 0.1) is 0 Å². The van der Waals surface area contributed by atoms with E-state index in [-0.39, 0.29) is 5.91 Å². The molecule has 0 bridgehead atoms. The molecule has 1 amide bonds. The van der Waals surface area contributed by atoms with Crippen molar-refractivity contribution >= 4 is 11.6 Å². The number of hydrogen-bond donors (Lipinski definition) is 2. The van der Waals surface area contributed by atoms with Gasteiger partial charge in [0.25, 0.3) is 5.91 Å². The van der Waals surface area contributed by atoms with Gasteiger partial charge in [0.2, 0.25) is 0 Å². The Bertz CT molecular complexity index is 559. The molecule has 0 saturated heterocycles. The third kappa shape index (κ3) is 3.60. The van der Waals surface area contributed by atoms with Gasteiger partial charge < -0.3 is 10.6 Å². The highest BCUT2D eigenvalue weighted by molar-refractivity contribution is 5.94. The van der Waals surface area contributed by atoms with Crippen molar-refractivity contribution in [3.8, 4) is 0 Å². The summed E-state index contributed by atoms with van der Waals surface area (Å²) in [5.41, 5.74) is 4.09. The first-order valence-electron chi connectivity index (χ1n) is 6.86. The second-order valence-corrected chi connectivity index (χ2v) is 4.68. The summed E-state index contributed by atoms with van der Waals surface area (Å²) in [6.45, 7) is 2.68. The summed E-state index contributed by atoms with van der Waals surface area (Å²) in [5.74, 6) is -0.0489. The minimum atomic E-state index is -0.0489. The topological polar surface area (TPSA) is 41.1 Å². The summed E-state index contributed by atoms with van der Waals surface area (Å²) < 4.78 is 0. The van der Waals surface area contributed by atoms with Gasteiger partial charge in [0, 0.05) is 24.8 Å². The summed E-state index contributed by atoms with van der Waals surface area (Å²) >= 11 is 0. The maximum Gasteiger partial charge on any atom is 0.251 e. The van der Waals surface area contributed by atoms with E-state index in [1.165, 1.54) is 5.56 Å². The summed E-state index contributed by atoms with van der Waals surface area (Å²) in [4.78, 5) is 12.0. The number of carbonyl (C=O) groups is 1. The number of amides is 1. The van der Waals surface area contributed by atoms with Gasteiger partial charge in [0.15, 0.2) is 0 Å². The molecule has 0 aliphatic heterocycles. The Morgan fingerprint density at radius 1 is 0.950 bits per heavy atom. The smallest absolute Gasteiger partial charge is 0.251 e. The molecule has 0 atom stereocenters. The van der Waals surface area contributed by atoms with Crippen molar-refractivity contribution < 1.29 is 4.79 Å². The average molecular weight is 268 g/mol. The zero-order chi connectivity index (χ0) is 14.4. The van der Waals surface area contributed by atoms with Crippen molar-refractivity contribution in [2.24, 2.45) is 0 Å². The highest BCUT2D eigenvalue weighted by Gasteiger charge is 2.04. The van der Waals surface area contributed by atoms with Gasteiger partial charge in [-0.3, -0.25) is 4.79 Å². The molecule has 0 aliphatic carbocycles. The lowest BCUT2D eigenvalue weighted by molar-refractivity contribution is 0.0951. The highest BCUT2D eigenvalue weighted by atomic mass is 16.1. The molecule has 2 aromatic rings. The van der Waals surface area contributed by atoms with E-state index in [9.17, 15) is 4.79 Å². The minimum Gasteiger partial charge on any atom is -0.388 e. The maximum absolute atomic E-state index is 12.0. The quantitative estimate of drug-likeness (QED) is 0.874. The molecule has 0 saturated carbocycles. The molecular weight excluding hydrogens is 248 g/mol. The van der Waals surface area contributed by atoms with Crippen molar-refractivity contribution in [3.63, 3.8) is 0 Å². The average Bonchev–Trinajstić information content (AvgIpc) is 2.53. The van der Waals surface area contributed by atoms with E-state index in [2.05, 4.69) is 41.8 Å². The molecule has 0 unspecified atom stereocenters. The minimum absolute atomic E-state index is 0.0489. The summed E-state index contributed by atoms with van der Waals surface area (Å²) in [7, 11) is 1.86. The molecule has 0 radical (unpaired) electrons. The lowest BCUT2D eigenvalue weighted by atomic mass is 10.1. The van der Waals surface area contributed by atoms with Gasteiger partial charge in [-0.15, -0.1) is 0 Å². The molecule has 0 spiro atoms. The number of nitrogens with one attached hydrogen (secondary N) is 2. The van der Waals surface area contributed by atoms with Crippen LogP contribution in [0.2, 0.25) is 0 Å². The van der Waals surface area contributed by atoms with E-state index in [0.29, 0.717) is 12.1 Å². The number of anilines is 1. The zero-order valence-corrected chi connectivity index (χ0v) is 11.9. The van der Waals surface area contributed by atoms with Crippen LogP contribution >= 0.6 is 0 Å². The van der Waals surface area contributed by atoms with Crippen LogP contribution in [0.1, 0.15) is 28.4 Å². The maximum atomic E-state index is 12.0. The van der Waals surface area contributed by atoms with Crippen molar-refractivity contribution in [1.82, 2.24) is 5.32 Å². The van der Waals surface area contributed by atoms with Gasteiger partial charge in [-0.25, -0.2) is 0 Å². The first kappa shape index (κ1) is 14.1. The third-order valence-electron chi connectivity index (χ3n) is 3.32. The van der Waals surface area contributed by atoms with E-state index >= 15 is 0 Å². The molecule has 2 N–H and O–H groups in total. The molecule has 20 heavy (non-hydrogen) atoms. The van der Waals surface area contributed by atoms with Crippen LogP contribution in [0.25, 0.3) is 0 Å². The van der Waals surface area contributed by atoms with Gasteiger partial charge in [-0.1, -0.05) is 31.2 Å². The van der Waals surface area contributed by atoms with Crippen molar-refractivity contribution in [2.75, 3.05) is 12.4 Å². The van der Waals surface area contributed by atoms with Crippen LogP contribution in [0.15, 0.2) is 48.5 Å². The standard InChI is InChI=1S/C17H20N2O/c1-3-13-4-6-14(7-5-13)12-19-17(20)15-8-10-16(18-2)11-9-15/h4-11,18H,3,12H2,1-2H3,(H,19,20). The van der Waals surface area contributed by atoms with Crippen LogP contribution in [0.5, 0.6) is 0 Å². The summed E-state index contributed by atoms with van der Waals surface area (Å²) in [6, 6.07) is 15.7. The largest absolute Gasteiger partial charge is 0.388 e. The van der Waals surface area contributed by atoms with Crippen LogP contribution in [0.4, 0.5) is 5.69 Å². The summed E-state index contributed by atoms with van der Waals surface area (Å²) in [6.07, 6.45) is 1.03. The molecule has 0 fully saturated rings. The number of rotatable bonds is 5. The lowest BCUT2D eigenvalue weighted by Crippen LogP contribution is -2.22. The molecule has 104 valence electrons. The Kier molecular flexibility index (Phi) is 4.77. The van der Waals surface area contributed by atoms with Crippen LogP contribution < -0.4 is 10.6 Å². The second-order valence-electron chi connectivity index (χ2n) is 4.68. The fourth-order valence-electron chi connectivity index (χ4n) is 1.97. The Morgan fingerprint density at radius 2 is 1.55 bits per heavy atom. The van der Waals surface area contributed by atoms with E-state index < -0.39 is 0 Å². The first-order chi connectivity index (χ1) is 9.72. The number of aryl methyl sites for hydroxylation is 1. The van der Waals surface area contributed by atoms with Crippen LogP contribution in [0.3, 0.4) is 0 Å². The Hall–Kier alpha value is -2.29. The number of hydrogen-bond acceptors (Lipinski definition) is 2. The molecule has 3 nitrogen and oxygen atoms in total. The number of benzene rings is 2. The fourth-order valence-corrected chi connectivity index (χ4v) is 1.97. The van der Waals surface area contributed by atoms with Gasteiger partial charge in [-0.2, -0.15) is 0 Å². The number of carbonyl (C=O) groups excluding carboxylic acids is 1. The predicted molar refractivity (Wildman–Crippen MR) is 83.0 cm³/mol. The van der Waals surface area contributed by atoms with Crippen molar-refractivity contribution in [1.29, 1.82) is 0 Å².